The molecule has 0 amide bonds. The van der Waals surface area contributed by atoms with Crippen LogP contribution in [0.2, 0.25) is 0 Å². The fraction of sp³-hybridized carbons (Fsp3) is 0.391. The van der Waals surface area contributed by atoms with Crippen LogP contribution in [0.3, 0.4) is 0 Å². The zero-order chi connectivity index (χ0) is 18.8. The number of hydrogen-bond donors (Lipinski definition) is 1. The summed E-state index contributed by atoms with van der Waals surface area (Å²) in [5.41, 5.74) is 2.26. The number of fused-ring (bicyclic) bond motifs is 1. The van der Waals surface area contributed by atoms with Crippen LogP contribution in [0.1, 0.15) is 37.2 Å². The molecule has 1 saturated heterocycles. The number of rotatable bonds is 5. The van der Waals surface area contributed by atoms with Gasteiger partial charge in [0.2, 0.25) is 5.88 Å². The van der Waals surface area contributed by atoms with Gasteiger partial charge in [0.05, 0.1) is 5.52 Å². The predicted molar refractivity (Wildman–Crippen MR) is 110 cm³/mol. The normalized spacial score (nSPS) is 22.6. The molecule has 5 heteroatoms. The predicted octanol–water partition coefficient (Wildman–Crippen LogP) is 4.55. The van der Waals surface area contributed by atoms with Crippen molar-refractivity contribution in [2.75, 3.05) is 18.5 Å². The van der Waals surface area contributed by atoms with Crippen molar-refractivity contribution in [2.24, 2.45) is 0 Å². The Morgan fingerprint density at radius 1 is 0.964 bits per heavy atom. The van der Waals surface area contributed by atoms with Crippen LogP contribution in [0, 0.1) is 0 Å². The fourth-order valence-electron chi connectivity index (χ4n) is 4.11. The molecule has 3 aromatic rings. The summed E-state index contributed by atoms with van der Waals surface area (Å²) in [4.78, 5) is 9.23. The third-order valence-electron chi connectivity index (χ3n) is 5.79. The van der Waals surface area contributed by atoms with Gasteiger partial charge in [-0.3, -0.25) is 0 Å². The van der Waals surface area contributed by atoms with E-state index in [-0.39, 0.29) is 6.10 Å². The lowest BCUT2D eigenvalue weighted by atomic mass is 9.88. The average molecular weight is 375 g/mol. The van der Waals surface area contributed by atoms with Crippen molar-refractivity contribution in [3.63, 3.8) is 0 Å². The van der Waals surface area contributed by atoms with Crippen molar-refractivity contribution in [3.8, 4) is 5.88 Å². The molecule has 28 heavy (non-hydrogen) atoms. The van der Waals surface area contributed by atoms with E-state index in [9.17, 15) is 0 Å². The smallest absolute Gasteiger partial charge is 0.217 e. The van der Waals surface area contributed by atoms with Gasteiger partial charge < -0.3 is 14.8 Å². The molecule has 1 aromatic carbocycles. The van der Waals surface area contributed by atoms with Gasteiger partial charge in [0, 0.05) is 49.2 Å². The maximum atomic E-state index is 6.26. The fourth-order valence-corrected chi connectivity index (χ4v) is 4.11. The maximum Gasteiger partial charge on any atom is 0.217 e. The Labute approximate surface area is 165 Å². The Balaban J connectivity index is 1.19. The van der Waals surface area contributed by atoms with E-state index in [0.29, 0.717) is 12.0 Å². The van der Waals surface area contributed by atoms with Crippen LogP contribution >= 0.6 is 0 Å². The number of aromatic nitrogens is 2. The lowest BCUT2D eigenvalue weighted by molar-refractivity contribution is 0.0794. The third kappa shape index (κ3) is 3.67. The summed E-state index contributed by atoms with van der Waals surface area (Å²) in [6.07, 6.45) is 6.07. The quantitative estimate of drug-likeness (QED) is 0.709. The topological polar surface area (TPSA) is 56.3 Å². The van der Waals surface area contributed by atoms with Crippen molar-refractivity contribution in [2.45, 2.75) is 43.7 Å². The molecule has 0 radical (unpaired) electrons. The number of nitrogens with one attached hydrogen (secondary N) is 1. The zero-order valence-electron chi connectivity index (χ0n) is 15.9. The van der Waals surface area contributed by atoms with Gasteiger partial charge in [-0.15, -0.1) is 0 Å². The van der Waals surface area contributed by atoms with Gasteiger partial charge >= 0.3 is 0 Å². The van der Waals surface area contributed by atoms with Gasteiger partial charge in [-0.2, -0.15) is 0 Å². The van der Waals surface area contributed by atoms with Gasteiger partial charge in [0.15, 0.2) is 0 Å². The standard InChI is InChI=1S/C23H25N3O2/c1-2-6-21-17(4-1)7-8-22(26-21)25-18-14-19(15-18)28-23-20(5-3-11-24-23)16-9-12-27-13-10-16/h1-8,11,16,18-19H,9-10,12-15H2,(H,25,26)/t18-,19-. The van der Waals surface area contributed by atoms with Crippen LogP contribution in [0.25, 0.3) is 10.9 Å². The molecule has 2 fully saturated rings. The molecule has 3 heterocycles. The van der Waals surface area contributed by atoms with Crippen LogP contribution in [-0.2, 0) is 4.74 Å². The molecule has 0 bridgehead atoms. The largest absolute Gasteiger partial charge is 0.474 e. The Morgan fingerprint density at radius 3 is 2.71 bits per heavy atom. The minimum atomic E-state index is 0.214. The van der Waals surface area contributed by atoms with Crippen LogP contribution in [0.15, 0.2) is 54.7 Å². The molecule has 1 saturated carbocycles. The Morgan fingerprint density at radius 2 is 1.82 bits per heavy atom. The summed E-state index contributed by atoms with van der Waals surface area (Å²) in [5, 5.41) is 4.70. The monoisotopic (exact) mass is 375 g/mol. The van der Waals surface area contributed by atoms with E-state index < -0.39 is 0 Å². The highest BCUT2D eigenvalue weighted by Crippen LogP contribution is 2.35. The lowest BCUT2D eigenvalue weighted by Gasteiger charge is -2.36. The van der Waals surface area contributed by atoms with Crippen molar-refractivity contribution < 1.29 is 9.47 Å². The molecule has 5 rings (SSSR count). The third-order valence-corrected chi connectivity index (χ3v) is 5.79. The zero-order valence-corrected chi connectivity index (χ0v) is 15.9. The van der Waals surface area contributed by atoms with Crippen molar-refractivity contribution in [1.82, 2.24) is 9.97 Å². The van der Waals surface area contributed by atoms with Crippen molar-refractivity contribution in [1.29, 1.82) is 0 Å². The highest BCUT2D eigenvalue weighted by atomic mass is 16.5. The van der Waals surface area contributed by atoms with Gasteiger partial charge in [0.1, 0.15) is 11.9 Å². The summed E-state index contributed by atoms with van der Waals surface area (Å²) in [7, 11) is 0. The van der Waals surface area contributed by atoms with Crippen LogP contribution in [0.4, 0.5) is 5.82 Å². The molecule has 2 aromatic heterocycles. The molecule has 1 N–H and O–H groups in total. The van der Waals surface area contributed by atoms with E-state index in [1.807, 2.05) is 30.5 Å². The first-order valence-electron chi connectivity index (χ1n) is 10.2. The van der Waals surface area contributed by atoms with Crippen molar-refractivity contribution >= 4 is 16.7 Å². The number of nitrogens with zero attached hydrogens (tertiary/aromatic N) is 2. The lowest BCUT2D eigenvalue weighted by Crippen LogP contribution is -2.43. The first-order chi connectivity index (χ1) is 13.8. The molecule has 5 nitrogen and oxygen atoms in total. The van der Waals surface area contributed by atoms with Gasteiger partial charge in [0.25, 0.3) is 0 Å². The molecule has 2 aliphatic rings. The van der Waals surface area contributed by atoms with E-state index in [4.69, 9.17) is 14.5 Å². The Kier molecular flexibility index (Phi) is 4.83. The molecule has 0 spiro atoms. The maximum absolute atomic E-state index is 6.26. The van der Waals surface area contributed by atoms with Gasteiger partial charge in [-0.25, -0.2) is 9.97 Å². The van der Waals surface area contributed by atoms with Crippen LogP contribution in [-0.4, -0.2) is 35.3 Å². The summed E-state index contributed by atoms with van der Waals surface area (Å²) < 4.78 is 11.8. The van der Waals surface area contributed by atoms with Gasteiger partial charge in [-0.05, 0) is 43.0 Å². The van der Waals surface area contributed by atoms with Crippen LogP contribution < -0.4 is 10.1 Å². The number of benzene rings is 1. The molecule has 0 unspecified atom stereocenters. The number of pyridine rings is 2. The summed E-state index contributed by atoms with van der Waals surface area (Å²) >= 11 is 0. The molecule has 1 aliphatic carbocycles. The van der Waals surface area contributed by atoms with E-state index >= 15 is 0 Å². The molecule has 144 valence electrons. The van der Waals surface area contributed by atoms with E-state index in [1.165, 1.54) is 10.9 Å². The van der Waals surface area contributed by atoms with E-state index in [0.717, 1.165) is 56.1 Å². The number of anilines is 1. The molecule has 1 aliphatic heterocycles. The SMILES string of the molecule is c1cnc(O[C@H]2C[C@H](Nc3ccc4ccccc4n3)C2)c(C2CCOCC2)c1. The summed E-state index contributed by atoms with van der Waals surface area (Å²) in [6, 6.07) is 16.9. The van der Waals surface area contributed by atoms with Crippen molar-refractivity contribution in [3.05, 3.63) is 60.3 Å². The molecular formula is C23H25N3O2. The number of ether oxygens (including phenoxy) is 2. The number of para-hydroxylation sites is 1. The molecule has 0 atom stereocenters. The first kappa shape index (κ1) is 17.4. The highest BCUT2D eigenvalue weighted by molar-refractivity contribution is 5.80. The second-order valence-corrected chi connectivity index (χ2v) is 7.73. The summed E-state index contributed by atoms with van der Waals surface area (Å²) in [5.74, 6) is 2.23. The molecular weight excluding hydrogens is 350 g/mol. The highest BCUT2D eigenvalue weighted by Gasteiger charge is 2.32. The second kappa shape index (κ2) is 7.76. The van der Waals surface area contributed by atoms with E-state index in [2.05, 4.69) is 34.6 Å². The number of hydrogen-bond acceptors (Lipinski definition) is 5. The van der Waals surface area contributed by atoms with E-state index in [1.54, 1.807) is 0 Å². The minimum Gasteiger partial charge on any atom is -0.474 e. The Hall–Kier alpha value is -2.66. The Bertz CT molecular complexity index is 949. The minimum absolute atomic E-state index is 0.214. The summed E-state index contributed by atoms with van der Waals surface area (Å²) in [6.45, 7) is 1.65. The first-order valence-corrected chi connectivity index (χ1v) is 10.2. The van der Waals surface area contributed by atoms with Crippen LogP contribution in [0.5, 0.6) is 5.88 Å². The second-order valence-electron chi connectivity index (χ2n) is 7.73. The average Bonchev–Trinajstić information content (AvgIpc) is 2.73. The van der Waals surface area contributed by atoms with Gasteiger partial charge in [-0.1, -0.05) is 24.3 Å².